The highest BCUT2D eigenvalue weighted by Crippen LogP contribution is 2.43. The zero-order valence-corrected chi connectivity index (χ0v) is 21.0. The first-order valence-corrected chi connectivity index (χ1v) is 11.9. The van der Waals surface area contributed by atoms with Gasteiger partial charge in [0.05, 0.1) is 23.1 Å². The predicted octanol–water partition coefficient (Wildman–Crippen LogP) is 4.81. The lowest BCUT2D eigenvalue weighted by Gasteiger charge is -2.39. The van der Waals surface area contributed by atoms with E-state index in [4.69, 9.17) is 0 Å². The number of hydrogen-bond acceptors (Lipinski definition) is 7. The molecule has 2 aromatic heterocycles. The van der Waals surface area contributed by atoms with Crippen molar-refractivity contribution in [1.82, 2.24) is 30.4 Å². The highest BCUT2D eigenvalue weighted by atomic mass is 32.2. The topological polar surface area (TPSA) is 96.8 Å². The van der Waals surface area contributed by atoms with Crippen LogP contribution >= 0.6 is 11.8 Å². The summed E-state index contributed by atoms with van der Waals surface area (Å²) in [7, 11) is 1.76. The number of anilines is 2. The molecule has 190 valence electrons. The number of benzene rings is 1. The molecule has 0 spiro atoms. The largest absolute Gasteiger partial charge is 0.416 e. The Morgan fingerprint density at radius 1 is 1.22 bits per heavy atom. The van der Waals surface area contributed by atoms with E-state index in [9.17, 15) is 18.0 Å². The normalized spacial score (nSPS) is 17.6. The number of nitrogens with one attached hydrogen (secondary N) is 3. The molecule has 4 rings (SSSR count). The van der Waals surface area contributed by atoms with Crippen LogP contribution in [0.2, 0.25) is 0 Å². The molecule has 1 aliphatic heterocycles. The lowest BCUT2D eigenvalue weighted by Crippen LogP contribution is -2.58. The number of nitrogens with zero attached hydrogens (tertiary/aromatic N) is 4. The molecule has 1 aliphatic rings. The maximum atomic E-state index is 14.0. The zero-order valence-electron chi connectivity index (χ0n) is 20.1. The summed E-state index contributed by atoms with van der Waals surface area (Å²) in [5, 5.41) is 14.6. The van der Waals surface area contributed by atoms with Gasteiger partial charge in [0.1, 0.15) is 0 Å². The summed E-state index contributed by atoms with van der Waals surface area (Å²) < 4.78 is 43.6. The average molecular weight is 518 g/mol. The molecule has 0 saturated heterocycles. The fourth-order valence-corrected chi connectivity index (χ4v) is 4.83. The van der Waals surface area contributed by atoms with Crippen molar-refractivity contribution in [2.75, 3.05) is 5.32 Å². The van der Waals surface area contributed by atoms with Crippen molar-refractivity contribution in [2.24, 2.45) is 12.5 Å². The van der Waals surface area contributed by atoms with Crippen LogP contribution in [0.15, 0.2) is 54.5 Å². The van der Waals surface area contributed by atoms with Gasteiger partial charge >= 0.3 is 6.18 Å². The van der Waals surface area contributed by atoms with Crippen molar-refractivity contribution in [3.63, 3.8) is 0 Å². The van der Waals surface area contributed by atoms with Crippen LogP contribution in [0.25, 0.3) is 11.3 Å². The molecular weight excluding hydrogens is 491 g/mol. The summed E-state index contributed by atoms with van der Waals surface area (Å²) >= 11 is 1.30. The molecule has 1 aromatic carbocycles. The van der Waals surface area contributed by atoms with Crippen molar-refractivity contribution < 1.29 is 18.0 Å². The minimum Gasteiger partial charge on any atom is -0.368 e. The van der Waals surface area contributed by atoms with Gasteiger partial charge in [-0.15, -0.1) is 0 Å². The third-order valence-corrected chi connectivity index (χ3v) is 7.28. The fourth-order valence-electron chi connectivity index (χ4n) is 3.82. The Hall–Kier alpha value is -3.54. The minimum absolute atomic E-state index is 0.0395. The lowest BCUT2D eigenvalue weighted by atomic mass is 9.85. The van der Waals surface area contributed by atoms with Gasteiger partial charge in [0.15, 0.2) is 4.87 Å². The summed E-state index contributed by atoms with van der Waals surface area (Å²) in [6, 6.07) is 5.50. The van der Waals surface area contributed by atoms with Gasteiger partial charge in [0.2, 0.25) is 5.95 Å². The van der Waals surface area contributed by atoms with Crippen molar-refractivity contribution >= 4 is 29.3 Å². The summed E-state index contributed by atoms with van der Waals surface area (Å²) in [5.41, 5.74) is -0.122. The van der Waals surface area contributed by atoms with E-state index in [1.165, 1.54) is 30.1 Å². The molecule has 1 amide bonds. The quantitative estimate of drug-likeness (QED) is 0.432. The van der Waals surface area contributed by atoms with Crippen LogP contribution in [0, 0.1) is 5.41 Å². The van der Waals surface area contributed by atoms with Crippen molar-refractivity contribution in [3.05, 3.63) is 65.6 Å². The van der Waals surface area contributed by atoms with Crippen LogP contribution in [0.3, 0.4) is 0 Å². The standard InChI is InChI=1S/C24H26F3N7OS/c1-22(2,3)23(30-9-10-36-23)20(35)29-12-16-6-5-15(11-18(16)24(25,26)27)19-7-8-28-21(33-19)32-17-13-31-34(4)14-17/h5-11,13-14,30H,12H2,1-4H3,(H,29,35)(H,28,32,33). The highest BCUT2D eigenvalue weighted by molar-refractivity contribution is 8.04. The SMILES string of the molecule is Cn1cc(Nc2nccc(-c3ccc(CNC(=O)C4(C(C)(C)C)NC=CS4)c(C(F)(F)F)c3)n2)cn1. The molecule has 36 heavy (non-hydrogen) atoms. The maximum Gasteiger partial charge on any atom is 0.416 e. The molecule has 0 saturated carbocycles. The van der Waals surface area contributed by atoms with E-state index in [2.05, 4.69) is 31.0 Å². The Balaban J connectivity index is 1.58. The Morgan fingerprint density at radius 3 is 2.61 bits per heavy atom. The van der Waals surface area contributed by atoms with Gasteiger partial charge in [0, 0.05) is 43.2 Å². The number of aromatic nitrogens is 4. The third-order valence-electron chi connectivity index (χ3n) is 5.74. The van der Waals surface area contributed by atoms with E-state index < -0.39 is 22.0 Å². The zero-order chi connectivity index (χ0) is 26.1. The van der Waals surface area contributed by atoms with Crippen molar-refractivity contribution in [1.29, 1.82) is 0 Å². The van der Waals surface area contributed by atoms with Crippen LogP contribution in [0.4, 0.5) is 24.8 Å². The molecule has 12 heteroatoms. The van der Waals surface area contributed by atoms with Gasteiger partial charge in [-0.3, -0.25) is 9.48 Å². The first-order chi connectivity index (χ1) is 16.9. The summed E-state index contributed by atoms with van der Waals surface area (Å²) in [4.78, 5) is 20.5. The molecule has 3 N–H and O–H groups in total. The number of rotatable bonds is 6. The number of amides is 1. The fraction of sp³-hybridized carbons (Fsp3) is 0.333. The Kier molecular flexibility index (Phi) is 6.74. The molecule has 0 bridgehead atoms. The van der Waals surface area contributed by atoms with E-state index in [0.717, 1.165) is 6.07 Å². The maximum absolute atomic E-state index is 14.0. The average Bonchev–Trinajstić information content (AvgIpc) is 3.47. The van der Waals surface area contributed by atoms with E-state index in [1.54, 1.807) is 41.8 Å². The number of carbonyl (C=O) groups is 1. The third kappa shape index (κ3) is 5.18. The van der Waals surface area contributed by atoms with Gasteiger partial charge in [-0.05, 0) is 23.1 Å². The van der Waals surface area contributed by atoms with Crippen LogP contribution < -0.4 is 16.0 Å². The highest BCUT2D eigenvalue weighted by Gasteiger charge is 2.50. The van der Waals surface area contributed by atoms with Crippen molar-refractivity contribution in [3.8, 4) is 11.3 Å². The molecular formula is C24H26F3N7OS. The number of alkyl halides is 3. The van der Waals surface area contributed by atoms with E-state index in [-0.39, 0.29) is 29.5 Å². The summed E-state index contributed by atoms with van der Waals surface area (Å²) in [6.45, 7) is 5.42. The molecule has 1 unspecified atom stereocenters. The monoisotopic (exact) mass is 517 g/mol. The second-order valence-electron chi connectivity index (χ2n) is 9.34. The summed E-state index contributed by atoms with van der Waals surface area (Å²) in [6.07, 6.45) is 1.82. The van der Waals surface area contributed by atoms with Gasteiger partial charge in [-0.25, -0.2) is 9.97 Å². The number of aryl methyl sites for hydroxylation is 1. The smallest absolute Gasteiger partial charge is 0.368 e. The Morgan fingerprint density at radius 2 is 2.00 bits per heavy atom. The molecule has 1 atom stereocenters. The molecule has 3 aromatic rings. The number of hydrogen-bond donors (Lipinski definition) is 3. The van der Waals surface area contributed by atoms with E-state index in [0.29, 0.717) is 11.4 Å². The first-order valence-electron chi connectivity index (χ1n) is 11.1. The van der Waals surface area contributed by atoms with E-state index >= 15 is 0 Å². The molecule has 0 radical (unpaired) electrons. The van der Waals surface area contributed by atoms with Crippen LogP contribution in [0.1, 0.15) is 31.9 Å². The predicted molar refractivity (Wildman–Crippen MR) is 133 cm³/mol. The van der Waals surface area contributed by atoms with Gasteiger partial charge in [-0.1, -0.05) is 44.7 Å². The molecule has 8 nitrogen and oxygen atoms in total. The Bertz CT molecular complexity index is 1290. The number of carbonyl (C=O) groups excluding carboxylic acids is 1. The van der Waals surface area contributed by atoms with Crippen LogP contribution in [0.5, 0.6) is 0 Å². The second-order valence-corrected chi connectivity index (χ2v) is 10.5. The van der Waals surface area contributed by atoms with E-state index in [1.807, 2.05) is 20.8 Å². The van der Waals surface area contributed by atoms with Crippen molar-refractivity contribution in [2.45, 2.75) is 38.4 Å². The van der Waals surface area contributed by atoms with Crippen LogP contribution in [-0.4, -0.2) is 30.5 Å². The summed E-state index contributed by atoms with van der Waals surface area (Å²) in [5.74, 6) is -0.155. The minimum atomic E-state index is -4.62. The lowest BCUT2D eigenvalue weighted by molar-refractivity contribution is -0.138. The van der Waals surface area contributed by atoms with Gasteiger partial charge in [0.25, 0.3) is 5.91 Å². The molecule has 3 heterocycles. The molecule has 0 aliphatic carbocycles. The van der Waals surface area contributed by atoms with Gasteiger partial charge in [-0.2, -0.15) is 18.3 Å². The molecule has 0 fully saturated rings. The van der Waals surface area contributed by atoms with Gasteiger partial charge < -0.3 is 16.0 Å². The second kappa shape index (κ2) is 9.49. The van der Waals surface area contributed by atoms with Crippen LogP contribution in [-0.2, 0) is 24.6 Å². The first kappa shape index (κ1) is 25.5. The Labute approximate surface area is 210 Å². The number of thioether (sulfide) groups is 1. The number of halogens is 3.